The summed E-state index contributed by atoms with van der Waals surface area (Å²) < 4.78 is 48.9. The average molecular weight is 726 g/mol. The van der Waals surface area contributed by atoms with Crippen molar-refractivity contribution in [3.63, 3.8) is 0 Å². The second-order valence-electron chi connectivity index (χ2n) is 12.8. The van der Waals surface area contributed by atoms with Gasteiger partial charge in [-0.05, 0) is 56.4 Å². The number of carbonyl (C=O) groups is 1. The number of morpholine rings is 1. The van der Waals surface area contributed by atoms with E-state index >= 15 is 8.78 Å². The summed E-state index contributed by atoms with van der Waals surface area (Å²) in [5, 5.41) is 3.45. The topological polar surface area (TPSA) is 124 Å². The minimum atomic E-state index is -1.06. The van der Waals surface area contributed by atoms with Crippen LogP contribution < -0.4 is 25.2 Å². The molecule has 1 fully saturated rings. The van der Waals surface area contributed by atoms with Crippen LogP contribution in [-0.2, 0) is 16.0 Å². The van der Waals surface area contributed by atoms with Gasteiger partial charge in [-0.15, -0.1) is 0 Å². The van der Waals surface area contributed by atoms with Gasteiger partial charge in [0.1, 0.15) is 11.5 Å². The normalized spacial score (nSPS) is 13.8. The number of methoxy groups -OCH3 is 2. The molecule has 0 aliphatic carbocycles. The van der Waals surface area contributed by atoms with Gasteiger partial charge in [0.2, 0.25) is 5.95 Å². The number of ketones is 1. The molecule has 2 aromatic carbocycles. The molecule has 0 saturated carbocycles. The standard InChI is InChI=1S/C39H41F2N7O5/c1-24(26-9-6-8-25(18-26)19-29(49)10-7-13-46(2)3)48-37-27(20-30(38(48)50)34-35(40)31(51-4)21-32(52-5)36(34)41)22-43-39(45-37)44-33-12-11-28(23-42-33)47-14-16-53-17-15-47/h6-12,18,20-24H,13-17,19H2,1-5H3,(H,42,43,44,45)/b10-7+. The fourth-order valence-corrected chi connectivity index (χ4v) is 6.19. The summed E-state index contributed by atoms with van der Waals surface area (Å²) in [5.74, 6) is -2.15. The Morgan fingerprint density at radius 2 is 1.75 bits per heavy atom. The summed E-state index contributed by atoms with van der Waals surface area (Å²) in [6.45, 7) is 5.24. The van der Waals surface area contributed by atoms with Crippen molar-refractivity contribution in [1.82, 2.24) is 24.4 Å². The minimum absolute atomic E-state index is 0.0748. The van der Waals surface area contributed by atoms with Crippen LogP contribution in [0, 0.1) is 11.6 Å². The predicted molar refractivity (Wildman–Crippen MR) is 199 cm³/mol. The number of hydrogen-bond donors (Lipinski definition) is 1. The van der Waals surface area contributed by atoms with Gasteiger partial charge in [0, 0.05) is 43.7 Å². The van der Waals surface area contributed by atoms with E-state index in [1.807, 2.05) is 43.3 Å². The van der Waals surface area contributed by atoms with E-state index < -0.39 is 28.8 Å². The molecule has 53 heavy (non-hydrogen) atoms. The summed E-state index contributed by atoms with van der Waals surface area (Å²) in [4.78, 5) is 45.2. The Balaban J connectivity index is 1.44. The van der Waals surface area contributed by atoms with Gasteiger partial charge in [0.05, 0.1) is 56.5 Å². The molecule has 1 aliphatic rings. The summed E-state index contributed by atoms with van der Waals surface area (Å²) in [5.41, 5.74) is 0.964. The molecule has 1 saturated heterocycles. The number of ether oxygens (including phenoxy) is 3. The summed E-state index contributed by atoms with van der Waals surface area (Å²) in [6.07, 6.45) is 6.73. The van der Waals surface area contributed by atoms with Gasteiger partial charge in [0.15, 0.2) is 28.9 Å². The largest absolute Gasteiger partial charge is 0.494 e. The molecule has 3 aromatic heterocycles. The first-order valence-corrected chi connectivity index (χ1v) is 17.1. The molecule has 0 spiro atoms. The third-order valence-corrected chi connectivity index (χ3v) is 8.95. The Morgan fingerprint density at radius 3 is 2.42 bits per heavy atom. The molecular weight excluding hydrogens is 684 g/mol. The SMILES string of the molecule is COc1cc(OC)c(F)c(-c2cc3cnc(Nc4ccc(N5CCOCC5)cn4)nc3n(C(C)c3cccc(CC(=O)/C=C/CN(C)C)c3)c2=O)c1F. The third-order valence-electron chi connectivity index (χ3n) is 8.95. The lowest BCUT2D eigenvalue weighted by atomic mass is 10.00. The number of pyridine rings is 2. The molecule has 6 rings (SSSR count). The number of hydrogen-bond acceptors (Lipinski definition) is 11. The number of fused-ring (bicyclic) bond motifs is 1. The van der Waals surface area contributed by atoms with E-state index in [4.69, 9.17) is 19.2 Å². The maximum absolute atomic E-state index is 15.9. The molecule has 0 radical (unpaired) electrons. The van der Waals surface area contributed by atoms with E-state index in [2.05, 4.69) is 20.2 Å². The number of anilines is 3. The Bertz CT molecular complexity index is 2170. The van der Waals surface area contributed by atoms with Gasteiger partial charge in [0.25, 0.3) is 5.56 Å². The van der Waals surface area contributed by atoms with Gasteiger partial charge in [-0.2, -0.15) is 4.98 Å². The van der Waals surface area contributed by atoms with E-state index in [9.17, 15) is 9.59 Å². The van der Waals surface area contributed by atoms with Gasteiger partial charge >= 0.3 is 0 Å². The number of nitrogens with one attached hydrogen (secondary N) is 1. The van der Waals surface area contributed by atoms with Gasteiger partial charge in [-0.1, -0.05) is 30.3 Å². The van der Waals surface area contributed by atoms with Crippen molar-refractivity contribution in [2.75, 3.05) is 71.4 Å². The van der Waals surface area contributed by atoms with Crippen LogP contribution in [0.15, 0.2) is 77.9 Å². The number of allylic oxidation sites excluding steroid dienone is 1. The number of likely N-dealkylation sites (N-methyl/N-ethyl adjacent to an activating group) is 1. The van der Waals surface area contributed by atoms with E-state index in [1.54, 1.807) is 37.4 Å². The van der Waals surface area contributed by atoms with Crippen molar-refractivity contribution in [2.45, 2.75) is 19.4 Å². The highest BCUT2D eigenvalue weighted by Gasteiger charge is 2.27. The number of aromatic nitrogens is 4. The minimum Gasteiger partial charge on any atom is -0.494 e. The van der Waals surface area contributed by atoms with Gasteiger partial charge in [-0.25, -0.2) is 18.7 Å². The monoisotopic (exact) mass is 725 g/mol. The number of halogens is 2. The molecule has 276 valence electrons. The van der Waals surface area contributed by atoms with Crippen molar-refractivity contribution >= 4 is 34.3 Å². The molecule has 4 heterocycles. The Hall–Kier alpha value is -5.73. The molecule has 14 heteroatoms. The average Bonchev–Trinajstić information content (AvgIpc) is 3.15. The van der Waals surface area contributed by atoms with Gasteiger partial charge < -0.3 is 29.3 Å². The van der Waals surface area contributed by atoms with Crippen LogP contribution in [0.4, 0.5) is 26.2 Å². The first-order valence-electron chi connectivity index (χ1n) is 17.1. The van der Waals surface area contributed by atoms with Crippen LogP contribution in [0.1, 0.15) is 24.1 Å². The first-order chi connectivity index (χ1) is 25.6. The van der Waals surface area contributed by atoms with Gasteiger partial charge in [-0.3, -0.25) is 14.2 Å². The Morgan fingerprint density at radius 1 is 1.02 bits per heavy atom. The zero-order valence-corrected chi connectivity index (χ0v) is 30.2. The molecule has 0 amide bonds. The number of benzene rings is 2. The van der Waals surface area contributed by atoms with Crippen molar-refractivity contribution in [2.24, 2.45) is 0 Å². The molecule has 1 unspecified atom stereocenters. The quantitative estimate of drug-likeness (QED) is 0.153. The van der Waals surface area contributed by atoms with E-state index in [-0.39, 0.29) is 40.9 Å². The zero-order chi connectivity index (χ0) is 37.6. The lowest BCUT2D eigenvalue weighted by molar-refractivity contribution is -0.114. The highest BCUT2D eigenvalue weighted by atomic mass is 19.1. The number of rotatable bonds is 13. The Kier molecular flexibility index (Phi) is 11.4. The van der Waals surface area contributed by atoms with E-state index in [0.717, 1.165) is 30.4 Å². The predicted octanol–water partition coefficient (Wildman–Crippen LogP) is 5.57. The van der Waals surface area contributed by atoms with Crippen molar-refractivity contribution < 1.29 is 27.8 Å². The highest BCUT2D eigenvalue weighted by molar-refractivity contribution is 5.91. The lowest BCUT2D eigenvalue weighted by Crippen LogP contribution is -2.36. The smallest absolute Gasteiger partial charge is 0.260 e. The van der Waals surface area contributed by atoms with Crippen LogP contribution in [0.25, 0.3) is 22.2 Å². The molecule has 5 aromatic rings. The number of nitrogens with zero attached hydrogens (tertiary/aromatic N) is 6. The summed E-state index contributed by atoms with van der Waals surface area (Å²) in [7, 11) is 6.31. The molecule has 1 aliphatic heterocycles. The second kappa shape index (κ2) is 16.3. The lowest BCUT2D eigenvalue weighted by Gasteiger charge is -2.28. The van der Waals surface area contributed by atoms with Crippen LogP contribution in [0.5, 0.6) is 11.5 Å². The van der Waals surface area contributed by atoms with E-state index in [1.165, 1.54) is 31.0 Å². The molecule has 1 atom stereocenters. The van der Waals surface area contributed by atoms with Crippen LogP contribution in [0.2, 0.25) is 0 Å². The van der Waals surface area contributed by atoms with Crippen LogP contribution in [0.3, 0.4) is 0 Å². The second-order valence-corrected chi connectivity index (χ2v) is 12.8. The molecule has 0 bridgehead atoms. The van der Waals surface area contributed by atoms with Crippen molar-refractivity contribution in [1.29, 1.82) is 0 Å². The van der Waals surface area contributed by atoms with Crippen molar-refractivity contribution in [3.8, 4) is 22.6 Å². The van der Waals surface area contributed by atoms with Crippen LogP contribution in [-0.4, -0.2) is 91.4 Å². The maximum atomic E-state index is 15.9. The van der Waals surface area contributed by atoms with E-state index in [0.29, 0.717) is 36.5 Å². The third kappa shape index (κ3) is 8.18. The maximum Gasteiger partial charge on any atom is 0.260 e. The first kappa shape index (κ1) is 37.0. The Labute approximate surface area is 305 Å². The van der Waals surface area contributed by atoms with Crippen LogP contribution >= 0.6 is 0 Å². The molecule has 1 N–H and O–H groups in total. The molecule has 12 nitrogen and oxygen atoms in total. The molecular formula is C39H41F2N7O5. The fraction of sp³-hybridized carbons (Fsp3) is 0.308. The fourth-order valence-electron chi connectivity index (χ4n) is 6.19. The zero-order valence-electron chi connectivity index (χ0n) is 30.2. The summed E-state index contributed by atoms with van der Waals surface area (Å²) in [6, 6.07) is 12.8. The highest BCUT2D eigenvalue weighted by Crippen LogP contribution is 2.38. The number of carbonyl (C=O) groups excluding carboxylic acids is 1. The van der Waals surface area contributed by atoms with Crippen molar-refractivity contribution in [3.05, 3.63) is 106 Å². The summed E-state index contributed by atoms with van der Waals surface area (Å²) >= 11 is 0.